The smallest absolute Gasteiger partial charge is 0.159 e. The molecule has 3 nitrogen and oxygen atoms in total. The Bertz CT molecular complexity index is 652. The lowest BCUT2D eigenvalue weighted by Crippen LogP contribution is -2.04. The highest BCUT2D eigenvalue weighted by Crippen LogP contribution is 2.27. The second-order valence-electron chi connectivity index (χ2n) is 5.23. The van der Waals surface area contributed by atoms with Crippen LogP contribution in [-0.2, 0) is 19.5 Å². The average Bonchev–Trinajstić information content (AvgIpc) is 2.87. The van der Waals surface area contributed by atoms with Gasteiger partial charge in [0.1, 0.15) is 0 Å². The molecular weight excluding hydrogens is 314 g/mol. The third-order valence-corrected chi connectivity index (χ3v) is 4.18. The minimum absolute atomic E-state index is 0.858. The topological polar surface area (TPSA) is 37.8 Å². The van der Waals surface area contributed by atoms with Gasteiger partial charge in [-0.25, -0.2) is 9.97 Å². The number of rotatable bonds is 3. The van der Waals surface area contributed by atoms with Crippen LogP contribution in [0.1, 0.15) is 35.9 Å². The third-order valence-electron chi connectivity index (χ3n) is 3.69. The van der Waals surface area contributed by atoms with Gasteiger partial charge in [-0.2, -0.15) is 0 Å². The highest BCUT2D eigenvalue weighted by Gasteiger charge is 2.19. The summed E-state index contributed by atoms with van der Waals surface area (Å²) in [6, 6.07) is 6.26. The molecule has 0 spiro atoms. The van der Waals surface area contributed by atoms with E-state index in [2.05, 4.69) is 53.3 Å². The number of halogens is 1. The fraction of sp³-hybridized carbons (Fsp3) is 0.375. The van der Waals surface area contributed by atoms with E-state index in [9.17, 15) is 0 Å². The van der Waals surface area contributed by atoms with E-state index in [-0.39, 0.29) is 0 Å². The lowest BCUT2D eigenvalue weighted by Gasteiger charge is -2.11. The summed E-state index contributed by atoms with van der Waals surface area (Å²) >= 11 is 3.51. The van der Waals surface area contributed by atoms with Gasteiger partial charge in [0.25, 0.3) is 0 Å². The number of aryl methyl sites for hydroxylation is 2. The predicted molar refractivity (Wildman–Crippen MR) is 84.4 cm³/mol. The van der Waals surface area contributed by atoms with Crippen LogP contribution in [0.4, 0.5) is 0 Å². The van der Waals surface area contributed by atoms with Gasteiger partial charge in [0.05, 0.1) is 5.69 Å². The molecule has 104 valence electrons. The largest absolute Gasteiger partial charge is 0.307 e. The highest BCUT2D eigenvalue weighted by atomic mass is 79.9. The second kappa shape index (κ2) is 5.62. The number of aromatic nitrogens is 2. The van der Waals surface area contributed by atoms with Crippen molar-refractivity contribution in [2.45, 2.75) is 39.8 Å². The summed E-state index contributed by atoms with van der Waals surface area (Å²) in [6.45, 7) is 6.07. The van der Waals surface area contributed by atoms with E-state index in [0.717, 1.165) is 41.8 Å². The first-order valence-corrected chi connectivity index (χ1v) is 7.84. The van der Waals surface area contributed by atoms with Crippen molar-refractivity contribution in [2.75, 3.05) is 0 Å². The van der Waals surface area contributed by atoms with Crippen LogP contribution >= 0.6 is 15.9 Å². The first kappa shape index (κ1) is 13.7. The molecule has 1 aromatic heterocycles. The van der Waals surface area contributed by atoms with Gasteiger partial charge in [-0.05, 0) is 37.1 Å². The average molecular weight is 332 g/mol. The van der Waals surface area contributed by atoms with E-state index in [1.165, 1.54) is 22.5 Å². The molecule has 0 bridgehead atoms. The minimum atomic E-state index is 0.858. The maximum Gasteiger partial charge on any atom is 0.159 e. The maximum atomic E-state index is 4.83. The van der Waals surface area contributed by atoms with Crippen LogP contribution in [0.25, 0.3) is 11.4 Å². The molecule has 0 saturated heterocycles. The van der Waals surface area contributed by atoms with E-state index in [0.29, 0.717) is 0 Å². The summed E-state index contributed by atoms with van der Waals surface area (Å²) in [5.41, 5.74) is 6.01. The second-order valence-corrected chi connectivity index (χ2v) is 6.15. The fourth-order valence-corrected chi connectivity index (χ4v) is 3.16. The SMILES string of the molecule is CCCc1nc(-c2ccc(Br)cc2C)nc2c1CNC2. The van der Waals surface area contributed by atoms with Crippen molar-refractivity contribution in [3.63, 3.8) is 0 Å². The van der Waals surface area contributed by atoms with Crippen LogP contribution in [0.3, 0.4) is 0 Å². The Kier molecular flexibility index (Phi) is 3.85. The Morgan fingerprint density at radius 2 is 2.10 bits per heavy atom. The lowest BCUT2D eigenvalue weighted by molar-refractivity contribution is 0.753. The zero-order chi connectivity index (χ0) is 14.1. The number of nitrogens with one attached hydrogen (secondary N) is 1. The first-order valence-electron chi connectivity index (χ1n) is 7.05. The molecule has 4 heteroatoms. The number of nitrogens with zero attached hydrogens (tertiary/aromatic N) is 2. The molecule has 3 rings (SSSR count). The van der Waals surface area contributed by atoms with Gasteiger partial charge in [-0.3, -0.25) is 0 Å². The van der Waals surface area contributed by atoms with Crippen molar-refractivity contribution < 1.29 is 0 Å². The third kappa shape index (κ3) is 2.50. The van der Waals surface area contributed by atoms with E-state index < -0.39 is 0 Å². The Morgan fingerprint density at radius 3 is 2.85 bits per heavy atom. The van der Waals surface area contributed by atoms with Gasteiger partial charge in [0, 0.05) is 34.4 Å². The molecule has 2 heterocycles. The maximum absolute atomic E-state index is 4.83. The standard InChI is InChI=1S/C16H18BrN3/c1-3-4-14-13-8-18-9-15(13)20-16(19-14)12-6-5-11(17)7-10(12)2/h5-7,18H,3-4,8-9H2,1-2H3. The summed E-state index contributed by atoms with van der Waals surface area (Å²) in [4.78, 5) is 9.60. The molecule has 0 unspecified atom stereocenters. The summed E-state index contributed by atoms with van der Waals surface area (Å²) in [6.07, 6.45) is 2.14. The molecule has 0 radical (unpaired) electrons. The van der Waals surface area contributed by atoms with Crippen molar-refractivity contribution >= 4 is 15.9 Å². The number of fused-ring (bicyclic) bond motifs is 1. The predicted octanol–water partition coefficient (Wildman–Crippen LogP) is 3.77. The molecule has 1 aliphatic rings. The summed E-state index contributed by atoms with van der Waals surface area (Å²) in [7, 11) is 0. The van der Waals surface area contributed by atoms with Crippen molar-refractivity contribution in [1.29, 1.82) is 0 Å². The van der Waals surface area contributed by atoms with Crippen LogP contribution in [0.5, 0.6) is 0 Å². The number of benzene rings is 1. The van der Waals surface area contributed by atoms with Gasteiger partial charge in [-0.15, -0.1) is 0 Å². The Labute approximate surface area is 128 Å². The van der Waals surface area contributed by atoms with Crippen LogP contribution in [-0.4, -0.2) is 9.97 Å². The Hall–Kier alpha value is -1.26. The zero-order valence-corrected chi connectivity index (χ0v) is 13.4. The van der Waals surface area contributed by atoms with E-state index in [4.69, 9.17) is 9.97 Å². The Balaban J connectivity index is 2.12. The molecule has 0 aliphatic carbocycles. The number of hydrogen-bond acceptors (Lipinski definition) is 3. The monoisotopic (exact) mass is 331 g/mol. The molecule has 2 aromatic rings. The molecule has 1 aliphatic heterocycles. The van der Waals surface area contributed by atoms with Gasteiger partial charge in [0.15, 0.2) is 5.82 Å². The fourth-order valence-electron chi connectivity index (χ4n) is 2.68. The highest BCUT2D eigenvalue weighted by molar-refractivity contribution is 9.10. The zero-order valence-electron chi connectivity index (χ0n) is 11.8. The van der Waals surface area contributed by atoms with Crippen molar-refractivity contribution in [1.82, 2.24) is 15.3 Å². The molecule has 0 fully saturated rings. The van der Waals surface area contributed by atoms with E-state index >= 15 is 0 Å². The minimum Gasteiger partial charge on any atom is -0.307 e. The van der Waals surface area contributed by atoms with Crippen LogP contribution in [0.2, 0.25) is 0 Å². The first-order chi connectivity index (χ1) is 9.69. The lowest BCUT2D eigenvalue weighted by atomic mass is 10.1. The van der Waals surface area contributed by atoms with Gasteiger partial charge in [-0.1, -0.05) is 29.3 Å². The molecule has 1 N–H and O–H groups in total. The van der Waals surface area contributed by atoms with Gasteiger partial charge < -0.3 is 5.32 Å². The van der Waals surface area contributed by atoms with Gasteiger partial charge in [0.2, 0.25) is 0 Å². The molecule has 20 heavy (non-hydrogen) atoms. The summed E-state index contributed by atoms with van der Waals surface area (Å²) in [5.74, 6) is 0.862. The van der Waals surface area contributed by atoms with Crippen LogP contribution < -0.4 is 5.32 Å². The molecule has 0 amide bonds. The van der Waals surface area contributed by atoms with Crippen LogP contribution in [0, 0.1) is 6.92 Å². The molecule has 1 aromatic carbocycles. The molecule has 0 saturated carbocycles. The quantitative estimate of drug-likeness (QED) is 0.930. The normalized spacial score (nSPS) is 13.6. The molecule has 0 atom stereocenters. The molecular formula is C16H18BrN3. The summed E-state index contributed by atoms with van der Waals surface area (Å²) in [5, 5.41) is 3.38. The van der Waals surface area contributed by atoms with Crippen LogP contribution in [0.15, 0.2) is 22.7 Å². The van der Waals surface area contributed by atoms with Crippen molar-refractivity contribution in [2.24, 2.45) is 0 Å². The van der Waals surface area contributed by atoms with Crippen molar-refractivity contribution in [3.05, 3.63) is 45.2 Å². The van der Waals surface area contributed by atoms with E-state index in [1.54, 1.807) is 0 Å². The summed E-state index contributed by atoms with van der Waals surface area (Å²) < 4.78 is 1.09. The van der Waals surface area contributed by atoms with Crippen molar-refractivity contribution in [3.8, 4) is 11.4 Å². The van der Waals surface area contributed by atoms with Gasteiger partial charge >= 0.3 is 0 Å². The number of hydrogen-bond donors (Lipinski definition) is 1. The van der Waals surface area contributed by atoms with E-state index in [1.807, 2.05) is 0 Å². The Morgan fingerprint density at radius 1 is 1.25 bits per heavy atom.